The van der Waals surface area contributed by atoms with E-state index in [1.54, 1.807) is 14.2 Å². The zero-order chi connectivity index (χ0) is 13.0. The van der Waals surface area contributed by atoms with Crippen molar-refractivity contribution in [2.24, 2.45) is 0 Å². The Kier molecular flexibility index (Phi) is 4.09. The van der Waals surface area contributed by atoms with E-state index >= 15 is 0 Å². The van der Waals surface area contributed by atoms with E-state index in [2.05, 4.69) is 18.3 Å². The maximum atomic E-state index is 5.55. The lowest BCUT2D eigenvalue weighted by molar-refractivity contribution is 0.0353. The highest BCUT2D eigenvalue weighted by Gasteiger charge is 2.28. The van der Waals surface area contributed by atoms with Gasteiger partial charge in [0.25, 0.3) is 0 Å². The molecule has 0 amide bonds. The van der Waals surface area contributed by atoms with Crippen LogP contribution in [-0.4, -0.2) is 39.5 Å². The minimum absolute atomic E-state index is 0.0277. The first-order valence-corrected chi connectivity index (χ1v) is 6.20. The fourth-order valence-electron chi connectivity index (χ4n) is 2.31. The minimum atomic E-state index is -0.0277. The molecule has 0 aromatic heterocycles. The third kappa shape index (κ3) is 2.94. The van der Waals surface area contributed by atoms with E-state index in [4.69, 9.17) is 14.2 Å². The van der Waals surface area contributed by atoms with E-state index in [1.807, 2.05) is 12.1 Å². The van der Waals surface area contributed by atoms with Crippen molar-refractivity contribution in [3.8, 4) is 11.5 Å². The molecular weight excluding hydrogens is 230 g/mol. The van der Waals surface area contributed by atoms with Crippen molar-refractivity contribution in [2.75, 3.05) is 34.0 Å². The molecule has 0 spiro atoms. The molecule has 1 aromatic rings. The number of methoxy groups -OCH3 is 2. The quantitative estimate of drug-likeness (QED) is 0.883. The summed E-state index contributed by atoms with van der Waals surface area (Å²) in [6, 6.07) is 5.94. The number of ether oxygens (including phenoxy) is 3. The molecule has 4 nitrogen and oxygen atoms in total. The fourth-order valence-corrected chi connectivity index (χ4v) is 2.31. The van der Waals surface area contributed by atoms with Crippen LogP contribution in [0.5, 0.6) is 11.5 Å². The van der Waals surface area contributed by atoms with E-state index in [1.165, 1.54) is 5.56 Å². The lowest BCUT2D eigenvalue weighted by atomic mass is 9.92. The molecule has 0 bridgehead atoms. The summed E-state index contributed by atoms with van der Waals surface area (Å²) in [5.41, 5.74) is 1.14. The van der Waals surface area contributed by atoms with Crippen LogP contribution >= 0.6 is 0 Å². The molecule has 1 N–H and O–H groups in total. The molecule has 1 fully saturated rings. The highest BCUT2D eigenvalue weighted by Crippen LogP contribution is 2.28. The minimum Gasteiger partial charge on any atom is -0.497 e. The van der Waals surface area contributed by atoms with Crippen molar-refractivity contribution in [1.82, 2.24) is 5.32 Å². The summed E-state index contributed by atoms with van der Waals surface area (Å²) >= 11 is 0. The van der Waals surface area contributed by atoms with Crippen LogP contribution in [0.25, 0.3) is 0 Å². The number of hydrogen-bond donors (Lipinski definition) is 1. The van der Waals surface area contributed by atoms with Crippen molar-refractivity contribution in [3.63, 3.8) is 0 Å². The van der Waals surface area contributed by atoms with Gasteiger partial charge in [-0.1, -0.05) is 6.07 Å². The molecule has 1 aliphatic rings. The Morgan fingerprint density at radius 1 is 1.33 bits per heavy atom. The average Bonchev–Trinajstić information content (AvgIpc) is 2.39. The summed E-state index contributed by atoms with van der Waals surface area (Å²) in [7, 11) is 3.34. The van der Waals surface area contributed by atoms with Crippen LogP contribution in [0, 0.1) is 0 Å². The molecule has 1 saturated heterocycles. The molecule has 100 valence electrons. The van der Waals surface area contributed by atoms with Gasteiger partial charge in [-0.15, -0.1) is 0 Å². The van der Waals surface area contributed by atoms with Gasteiger partial charge in [0, 0.05) is 18.2 Å². The first kappa shape index (κ1) is 13.2. The van der Waals surface area contributed by atoms with Crippen molar-refractivity contribution in [3.05, 3.63) is 23.8 Å². The summed E-state index contributed by atoms with van der Waals surface area (Å²) in [6.45, 7) is 4.59. The number of hydrogen-bond acceptors (Lipinski definition) is 4. The molecule has 1 unspecified atom stereocenters. The molecule has 0 radical (unpaired) electrons. The molecule has 1 aromatic carbocycles. The number of nitrogens with one attached hydrogen (secondary N) is 1. The van der Waals surface area contributed by atoms with Gasteiger partial charge in [0.15, 0.2) is 0 Å². The normalized spacial score (nSPS) is 23.7. The Balaban J connectivity index is 2.17. The van der Waals surface area contributed by atoms with E-state index in [9.17, 15) is 0 Å². The summed E-state index contributed by atoms with van der Waals surface area (Å²) in [5.74, 6) is 1.68. The number of rotatable bonds is 4. The zero-order valence-electron chi connectivity index (χ0n) is 11.3. The molecule has 1 aliphatic heterocycles. The topological polar surface area (TPSA) is 39.7 Å². The van der Waals surface area contributed by atoms with E-state index < -0.39 is 0 Å². The number of benzene rings is 1. The number of morpholine rings is 1. The molecular formula is C14H21NO3. The van der Waals surface area contributed by atoms with Gasteiger partial charge in [-0.3, -0.25) is 0 Å². The summed E-state index contributed by atoms with van der Waals surface area (Å²) in [5, 5.41) is 3.51. The molecule has 0 aliphatic carbocycles. The second-order valence-corrected chi connectivity index (χ2v) is 4.89. The Labute approximate surface area is 108 Å². The predicted molar refractivity (Wildman–Crippen MR) is 70.5 cm³/mol. The average molecular weight is 251 g/mol. The van der Waals surface area contributed by atoms with Crippen molar-refractivity contribution in [1.29, 1.82) is 0 Å². The summed E-state index contributed by atoms with van der Waals surface area (Å²) < 4.78 is 16.2. The summed E-state index contributed by atoms with van der Waals surface area (Å²) in [6.07, 6.45) is 0.875. The summed E-state index contributed by atoms with van der Waals surface area (Å²) in [4.78, 5) is 0. The van der Waals surface area contributed by atoms with Crippen LogP contribution in [-0.2, 0) is 11.2 Å². The van der Waals surface area contributed by atoms with Gasteiger partial charge >= 0.3 is 0 Å². The van der Waals surface area contributed by atoms with Crippen LogP contribution in [0.15, 0.2) is 18.2 Å². The van der Waals surface area contributed by atoms with E-state index in [0.29, 0.717) is 0 Å². The molecule has 1 atom stereocenters. The van der Waals surface area contributed by atoms with Gasteiger partial charge in [-0.2, -0.15) is 0 Å². The maximum absolute atomic E-state index is 5.55. The Hall–Kier alpha value is -1.26. The fraction of sp³-hybridized carbons (Fsp3) is 0.571. The van der Waals surface area contributed by atoms with E-state index in [0.717, 1.165) is 37.7 Å². The highest BCUT2D eigenvalue weighted by molar-refractivity contribution is 5.41. The van der Waals surface area contributed by atoms with Crippen LogP contribution in [0.3, 0.4) is 0 Å². The Morgan fingerprint density at radius 2 is 2.17 bits per heavy atom. The van der Waals surface area contributed by atoms with Gasteiger partial charge in [0.2, 0.25) is 0 Å². The molecule has 1 heterocycles. The van der Waals surface area contributed by atoms with Gasteiger partial charge in [-0.05, 0) is 25.0 Å². The van der Waals surface area contributed by atoms with Crippen LogP contribution in [0.2, 0.25) is 0 Å². The van der Waals surface area contributed by atoms with Crippen LogP contribution in [0.1, 0.15) is 12.5 Å². The third-order valence-electron chi connectivity index (χ3n) is 3.29. The standard InChI is InChI=1S/C14H21NO3/c1-14(10-18-7-6-15-14)9-11-4-5-12(16-2)8-13(11)17-3/h4-5,8,15H,6-7,9-10H2,1-3H3. The Bertz CT molecular complexity index is 400. The Morgan fingerprint density at radius 3 is 2.78 bits per heavy atom. The second kappa shape index (κ2) is 5.59. The second-order valence-electron chi connectivity index (χ2n) is 4.89. The lowest BCUT2D eigenvalue weighted by Crippen LogP contribution is -2.53. The zero-order valence-corrected chi connectivity index (χ0v) is 11.3. The smallest absolute Gasteiger partial charge is 0.125 e. The predicted octanol–water partition coefficient (Wildman–Crippen LogP) is 1.62. The maximum Gasteiger partial charge on any atom is 0.125 e. The highest BCUT2D eigenvalue weighted by atomic mass is 16.5. The van der Waals surface area contributed by atoms with Crippen molar-refractivity contribution < 1.29 is 14.2 Å². The van der Waals surface area contributed by atoms with Crippen LogP contribution < -0.4 is 14.8 Å². The van der Waals surface area contributed by atoms with Crippen molar-refractivity contribution >= 4 is 0 Å². The molecule has 2 rings (SSSR count). The van der Waals surface area contributed by atoms with Gasteiger partial charge in [0.1, 0.15) is 11.5 Å². The van der Waals surface area contributed by atoms with Crippen LogP contribution in [0.4, 0.5) is 0 Å². The molecule has 0 saturated carbocycles. The van der Waals surface area contributed by atoms with Crippen molar-refractivity contribution in [2.45, 2.75) is 18.9 Å². The monoisotopic (exact) mass is 251 g/mol. The first-order chi connectivity index (χ1) is 8.67. The molecule has 4 heteroatoms. The largest absolute Gasteiger partial charge is 0.497 e. The molecule has 18 heavy (non-hydrogen) atoms. The third-order valence-corrected chi connectivity index (χ3v) is 3.29. The van der Waals surface area contributed by atoms with E-state index in [-0.39, 0.29) is 5.54 Å². The van der Waals surface area contributed by atoms with Gasteiger partial charge in [-0.25, -0.2) is 0 Å². The first-order valence-electron chi connectivity index (χ1n) is 6.20. The SMILES string of the molecule is COc1ccc(CC2(C)COCCN2)c(OC)c1. The van der Waals surface area contributed by atoms with Gasteiger partial charge in [0.05, 0.1) is 27.4 Å². The van der Waals surface area contributed by atoms with Gasteiger partial charge < -0.3 is 19.5 Å². The lowest BCUT2D eigenvalue weighted by Gasteiger charge is -2.35.